The van der Waals surface area contributed by atoms with Gasteiger partial charge in [0.1, 0.15) is 5.75 Å². The minimum absolute atomic E-state index is 0.0249. The number of nitrogens with one attached hydrogen (secondary N) is 2. The Hall–Kier alpha value is -2.75. The van der Waals surface area contributed by atoms with E-state index in [0.717, 1.165) is 18.2 Å². The fourth-order valence-electron chi connectivity index (χ4n) is 2.04. The average molecular weight is 364 g/mol. The van der Waals surface area contributed by atoms with Crippen molar-refractivity contribution in [2.24, 2.45) is 0 Å². The number of hydroxylamine groups is 1. The summed E-state index contributed by atoms with van der Waals surface area (Å²) in [6, 6.07) is 9.56. The highest BCUT2D eigenvalue weighted by molar-refractivity contribution is 7.89. The van der Waals surface area contributed by atoms with Gasteiger partial charge in [-0.2, -0.15) is 0 Å². The molecule has 0 radical (unpaired) electrons. The van der Waals surface area contributed by atoms with Gasteiger partial charge in [-0.15, -0.1) is 0 Å². The second-order valence-electron chi connectivity index (χ2n) is 5.20. The molecule has 25 heavy (non-hydrogen) atoms. The van der Waals surface area contributed by atoms with Crippen LogP contribution in [0.25, 0.3) is 0 Å². The third-order valence-electron chi connectivity index (χ3n) is 3.45. The maximum atomic E-state index is 12.3. The summed E-state index contributed by atoms with van der Waals surface area (Å²) >= 11 is 0. The number of amides is 1. The predicted molar refractivity (Wildman–Crippen MR) is 87.8 cm³/mol. The molecule has 9 heteroatoms. The summed E-state index contributed by atoms with van der Waals surface area (Å²) in [4.78, 5) is 22.4. The molecule has 0 spiro atoms. The number of rotatable bonds is 6. The van der Waals surface area contributed by atoms with Gasteiger partial charge < -0.3 is 5.11 Å². The fourth-order valence-corrected chi connectivity index (χ4v) is 3.09. The zero-order valence-electron chi connectivity index (χ0n) is 13.2. The van der Waals surface area contributed by atoms with Gasteiger partial charge in [0.2, 0.25) is 10.0 Å². The topological polar surface area (TPSA) is 133 Å². The van der Waals surface area contributed by atoms with Crippen LogP contribution in [-0.2, 0) is 16.6 Å². The van der Waals surface area contributed by atoms with Crippen molar-refractivity contribution in [3.63, 3.8) is 0 Å². The molecule has 0 aliphatic rings. The van der Waals surface area contributed by atoms with Crippen molar-refractivity contribution in [2.45, 2.75) is 18.4 Å². The minimum atomic E-state index is -3.96. The second-order valence-corrected chi connectivity index (χ2v) is 6.96. The molecule has 0 atom stereocenters. The molecule has 8 nitrogen and oxygen atoms in total. The van der Waals surface area contributed by atoms with Gasteiger partial charge in [0.25, 0.3) is 5.91 Å². The van der Waals surface area contributed by atoms with Gasteiger partial charge >= 0.3 is 0 Å². The third-order valence-corrected chi connectivity index (χ3v) is 4.85. The van der Waals surface area contributed by atoms with Crippen molar-refractivity contribution in [3.8, 4) is 5.75 Å². The summed E-state index contributed by atoms with van der Waals surface area (Å²) in [6.45, 7) is 1.41. The lowest BCUT2D eigenvalue weighted by molar-refractivity contribution is 0.0703. The number of aromatic hydroxyl groups is 1. The minimum Gasteiger partial charge on any atom is -0.507 e. The number of carbonyl (C=O) groups is 2. The number of phenolic OH excluding ortho intramolecular Hbond substituents is 1. The van der Waals surface area contributed by atoms with E-state index in [1.165, 1.54) is 12.4 Å². The number of sulfonamides is 1. The lowest BCUT2D eigenvalue weighted by Gasteiger charge is -2.09. The van der Waals surface area contributed by atoms with Crippen LogP contribution in [0.15, 0.2) is 47.4 Å². The van der Waals surface area contributed by atoms with Gasteiger partial charge in [-0.05, 0) is 30.7 Å². The molecule has 4 N–H and O–H groups in total. The molecule has 0 unspecified atom stereocenters. The normalized spacial score (nSPS) is 11.1. The van der Waals surface area contributed by atoms with Gasteiger partial charge in [-0.25, -0.2) is 18.6 Å². The first-order chi connectivity index (χ1) is 11.7. The van der Waals surface area contributed by atoms with Crippen LogP contribution in [-0.4, -0.2) is 30.4 Å². The van der Waals surface area contributed by atoms with E-state index in [1.807, 2.05) is 0 Å². The van der Waals surface area contributed by atoms with Crippen LogP contribution < -0.4 is 10.2 Å². The molecular weight excluding hydrogens is 348 g/mol. The van der Waals surface area contributed by atoms with Crippen LogP contribution in [0.5, 0.6) is 5.75 Å². The van der Waals surface area contributed by atoms with Crippen molar-refractivity contribution in [1.82, 2.24) is 10.2 Å². The molecule has 0 heterocycles. The zero-order chi connectivity index (χ0) is 18.6. The molecule has 132 valence electrons. The smallest absolute Gasteiger partial charge is 0.278 e. The third kappa shape index (κ3) is 4.41. The highest BCUT2D eigenvalue weighted by Gasteiger charge is 2.19. The van der Waals surface area contributed by atoms with Gasteiger partial charge in [-0.1, -0.05) is 24.3 Å². The lowest BCUT2D eigenvalue weighted by Crippen LogP contribution is -2.24. The number of benzene rings is 2. The van der Waals surface area contributed by atoms with Crippen molar-refractivity contribution in [1.29, 1.82) is 0 Å². The SMILES string of the molecule is CC(=O)c1ccc(CNS(=O)(=O)c2ccc(O)c(C(=O)NO)c2)cc1. The molecule has 0 aliphatic heterocycles. The van der Waals surface area contributed by atoms with Crippen molar-refractivity contribution < 1.29 is 28.3 Å². The highest BCUT2D eigenvalue weighted by atomic mass is 32.2. The van der Waals surface area contributed by atoms with E-state index in [0.29, 0.717) is 11.1 Å². The molecule has 2 rings (SSSR count). The molecule has 0 fully saturated rings. The Balaban J connectivity index is 2.19. The fraction of sp³-hybridized carbons (Fsp3) is 0.125. The Labute approximate surface area is 144 Å². The predicted octanol–water partition coefficient (Wildman–Crippen LogP) is 1.19. The Morgan fingerprint density at radius 2 is 1.72 bits per heavy atom. The summed E-state index contributed by atoms with van der Waals surface area (Å²) in [5.74, 6) is -1.59. The quantitative estimate of drug-likeness (QED) is 0.346. The van der Waals surface area contributed by atoms with Crippen molar-refractivity contribution >= 4 is 21.7 Å². The number of hydrogen-bond donors (Lipinski definition) is 4. The van der Waals surface area contributed by atoms with E-state index < -0.39 is 21.7 Å². The van der Waals surface area contributed by atoms with E-state index in [9.17, 15) is 23.1 Å². The average Bonchev–Trinajstić information content (AvgIpc) is 2.60. The van der Waals surface area contributed by atoms with Crippen LogP contribution in [0.2, 0.25) is 0 Å². The number of Topliss-reactive ketones (excluding diaryl/α,β-unsaturated/α-hetero) is 1. The molecule has 2 aromatic rings. The van der Waals surface area contributed by atoms with E-state index in [2.05, 4.69) is 4.72 Å². The number of ketones is 1. The van der Waals surface area contributed by atoms with E-state index in [1.54, 1.807) is 24.3 Å². The van der Waals surface area contributed by atoms with Crippen molar-refractivity contribution in [3.05, 3.63) is 59.2 Å². The van der Waals surface area contributed by atoms with Crippen LogP contribution in [0.1, 0.15) is 33.2 Å². The van der Waals surface area contributed by atoms with Gasteiger partial charge in [0.15, 0.2) is 5.78 Å². The summed E-state index contributed by atoms with van der Waals surface area (Å²) in [6.07, 6.45) is 0. The summed E-state index contributed by atoms with van der Waals surface area (Å²) in [5.41, 5.74) is 2.11. The number of carbonyl (C=O) groups excluding carboxylic acids is 2. The molecule has 0 aromatic heterocycles. The second kappa shape index (κ2) is 7.43. The van der Waals surface area contributed by atoms with E-state index >= 15 is 0 Å². The maximum absolute atomic E-state index is 12.3. The first kappa shape index (κ1) is 18.6. The molecule has 0 bridgehead atoms. The van der Waals surface area contributed by atoms with Crippen LogP contribution in [0, 0.1) is 0 Å². The standard InChI is InChI=1S/C16H16N2O6S/c1-10(19)12-4-2-11(3-5-12)9-17-25(23,24)13-6-7-15(20)14(8-13)16(21)18-22/h2-8,17,20,22H,9H2,1H3,(H,18,21). The Morgan fingerprint density at radius 1 is 1.08 bits per heavy atom. The Morgan fingerprint density at radius 3 is 2.28 bits per heavy atom. The first-order valence-corrected chi connectivity index (χ1v) is 8.60. The molecule has 0 saturated carbocycles. The first-order valence-electron chi connectivity index (χ1n) is 7.11. The van der Waals surface area contributed by atoms with E-state index in [-0.39, 0.29) is 22.8 Å². The van der Waals surface area contributed by atoms with Gasteiger partial charge in [-0.3, -0.25) is 14.8 Å². The summed E-state index contributed by atoms with van der Waals surface area (Å²) in [5, 5.41) is 18.2. The summed E-state index contributed by atoms with van der Waals surface area (Å²) < 4.78 is 27.0. The monoisotopic (exact) mass is 364 g/mol. The van der Waals surface area contributed by atoms with Crippen LogP contribution in [0.3, 0.4) is 0 Å². The zero-order valence-corrected chi connectivity index (χ0v) is 14.0. The van der Waals surface area contributed by atoms with Crippen LogP contribution >= 0.6 is 0 Å². The Kier molecular flexibility index (Phi) is 5.52. The summed E-state index contributed by atoms with van der Waals surface area (Å²) in [7, 11) is -3.96. The molecular formula is C16H16N2O6S. The number of phenols is 1. The number of hydrogen-bond acceptors (Lipinski definition) is 6. The maximum Gasteiger partial charge on any atom is 0.278 e. The van der Waals surface area contributed by atoms with E-state index in [4.69, 9.17) is 5.21 Å². The largest absolute Gasteiger partial charge is 0.507 e. The Bertz CT molecular complexity index is 907. The van der Waals surface area contributed by atoms with Crippen LogP contribution in [0.4, 0.5) is 0 Å². The van der Waals surface area contributed by atoms with Gasteiger partial charge in [0.05, 0.1) is 10.5 Å². The lowest BCUT2D eigenvalue weighted by atomic mass is 10.1. The highest BCUT2D eigenvalue weighted by Crippen LogP contribution is 2.21. The molecule has 0 saturated heterocycles. The molecule has 0 aliphatic carbocycles. The molecule has 1 amide bonds. The molecule has 2 aromatic carbocycles. The van der Waals surface area contributed by atoms with Gasteiger partial charge in [0, 0.05) is 12.1 Å². The van der Waals surface area contributed by atoms with Crippen molar-refractivity contribution in [2.75, 3.05) is 0 Å².